The van der Waals surface area contributed by atoms with E-state index in [4.69, 9.17) is 4.98 Å². The summed E-state index contributed by atoms with van der Waals surface area (Å²) in [5, 5.41) is 11.8. The fourth-order valence-corrected chi connectivity index (χ4v) is 4.21. The van der Waals surface area contributed by atoms with Gasteiger partial charge in [0.2, 0.25) is 5.95 Å². The van der Waals surface area contributed by atoms with E-state index in [1.165, 1.54) is 24.9 Å². The Balaban J connectivity index is 0.00000441. The van der Waals surface area contributed by atoms with Gasteiger partial charge in [0.1, 0.15) is 0 Å². The molecule has 0 amide bonds. The van der Waals surface area contributed by atoms with Crippen LogP contribution in [0.25, 0.3) is 22.0 Å². The van der Waals surface area contributed by atoms with Crippen LogP contribution in [0.2, 0.25) is 0 Å². The van der Waals surface area contributed by atoms with Crippen molar-refractivity contribution in [2.45, 2.75) is 39.5 Å². The minimum Gasteiger partial charge on any atom is -0.690 e. The second-order valence-electron chi connectivity index (χ2n) is 9.17. The zero-order valence-corrected chi connectivity index (χ0v) is 24.8. The van der Waals surface area contributed by atoms with Crippen LogP contribution in [0, 0.1) is 0 Å². The van der Waals surface area contributed by atoms with E-state index in [9.17, 15) is 0 Å². The van der Waals surface area contributed by atoms with Crippen molar-refractivity contribution in [3.05, 3.63) is 102 Å². The first-order valence-electron chi connectivity index (χ1n) is 13.5. The molecule has 1 N–H and O–H groups in total. The van der Waals surface area contributed by atoms with Gasteiger partial charge in [0.15, 0.2) is 0 Å². The van der Waals surface area contributed by atoms with Gasteiger partial charge in [-0.2, -0.15) is 0 Å². The first kappa shape index (κ1) is 30.7. The number of amidine groups is 1. The van der Waals surface area contributed by atoms with Crippen LogP contribution in [0.3, 0.4) is 0 Å². The molecule has 205 valence electrons. The summed E-state index contributed by atoms with van der Waals surface area (Å²) in [6, 6.07) is 22.0. The van der Waals surface area contributed by atoms with E-state index in [0.29, 0.717) is 17.5 Å². The third kappa shape index (κ3) is 8.83. The molecule has 0 aliphatic rings. The molecule has 0 atom stereocenters. The Kier molecular flexibility index (Phi) is 12.5. The minimum absolute atomic E-state index is 0. The summed E-state index contributed by atoms with van der Waals surface area (Å²) in [5.74, 6) is 1.07. The van der Waals surface area contributed by atoms with Crippen LogP contribution in [-0.4, -0.2) is 40.9 Å². The van der Waals surface area contributed by atoms with E-state index in [1.54, 1.807) is 25.6 Å². The molecule has 2 aromatic heterocycles. The average Bonchev–Trinajstić information content (AvgIpc) is 2.99. The van der Waals surface area contributed by atoms with E-state index in [-0.39, 0.29) is 18.6 Å². The first-order chi connectivity index (χ1) is 19.2. The molecule has 0 spiro atoms. The Bertz CT molecular complexity index is 1330. The number of hydrogen-bond acceptors (Lipinski definition) is 6. The fourth-order valence-electron chi connectivity index (χ4n) is 4.21. The molecule has 2 heterocycles. The van der Waals surface area contributed by atoms with Gasteiger partial charge in [-0.3, -0.25) is 4.98 Å². The third-order valence-corrected chi connectivity index (χ3v) is 6.20. The number of hydrogen-bond donors (Lipinski definition) is 1. The second-order valence-corrected chi connectivity index (χ2v) is 9.17. The van der Waals surface area contributed by atoms with Crippen molar-refractivity contribution >= 4 is 28.8 Å². The van der Waals surface area contributed by atoms with Crippen molar-refractivity contribution in [3.8, 4) is 11.3 Å². The molecule has 4 rings (SSSR count). The van der Waals surface area contributed by atoms with Crippen LogP contribution in [0.1, 0.15) is 45.1 Å². The summed E-state index contributed by atoms with van der Waals surface area (Å²) in [4.78, 5) is 15.8. The quantitative estimate of drug-likeness (QED) is 0.0758. The van der Waals surface area contributed by atoms with E-state index in [1.807, 2.05) is 42.5 Å². The smallest absolute Gasteiger partial charge is 0.690 e. The topological polar surface area (TPSA) is 94.5 Å². The van der Waals surface area contributed by atoms with Crippen molar-refractivity contribution < 1.29 is 18.6 Å². The molecule has 4 aromatic rings. The number of pyridine rings is 1. The van der Waals surface area contributed by atoms with Crippen molar-refractivity contribution in [3.63, 3.8) is 0 Å². The molecular formula is C31H36N8V. The van der Waals surface area contributed by atoms with Gasteiger partial charge >= 0.3 is 18.6 Å². The van der Waals surface area contributed by atoms with Gasteiger partial charge in [0, 0.05) is 48.6 Å². The van der Waals surface area contributed by atoms with Crippen LogP contribution < -0.4 is 10.2 Å². The third-order valence-electron chi connectivity index (χ3n) is 6.20. The fraction of sp³-hybridized carbons (Fsp3) is 0.290. The van der Waals surface area contributed by atoms with Crippen molar-refractivity contribution in [1.82, 2.24) is 15.0 Å². The van der Waals surface area contributed by atoms with Gasteiger partial charge < -0.3 is 26.1 Å². The van der Waals surface area contributed by atoms with Crippen LogP contribution in [-0.2, 0) is 18.6 Å². The number of benzene rings is 2. The molecule has 40 heavy (non-hydrogen) atoms. The molecule has 0 aliphatic carbocycles. The maximum Gasteiger partial charge on any atom is 2.00 e. The SMILES string of the molecule is CCCCCN(CCC)c1cccc(-c2ccnc(Nc3ccc([N-]/N=C(\[N-]C)c4cccnc4)cc3)n2)c1.[V+2]. The van der Waals surface area contributed by atoms with E-state index in [0.717, 1.165) is 42.0 Å². The number of nitrogens with zero attached hydrogens (tertiary/aromatic N) is 7. The normalized spacial score (nSPS) is 10.9. The number of rotatable bonds is 13. The number of anilines is 3. The van der Waals surface area contributed by atoms with E-state index < -0.39 is 0 Å². The molecule has 2 aromatic carbocycles. The van der Waals surface area contributed by atoms with Crippen LogP contribution >= 0.6 is 0 Å². The first-order valence-corrected chi connectivity index (χ1v) is 13.5. The Morgan fingerprint density at radius 2 is 1.77 bits per heavy atom. The molecule has 9 heteroatoms. The molecule has 0 aliphatic heterocycles. The monoisotopic (exact) mass is 571 g/mol. The summed E-state index contributed by atoms with van der Waals surface area (Å²) in [6.45, 7) is 6.60. The Labute approximate surface area is 249 Å². The Morgan fingerprint density at radius 3 is 2.50 bits per heavy atom. The van der Waals surface area contributed by atoms with E-state index >= 15 is 0 Å². The standard InChI is InChI=1S/C31H36N8.V/c1-4-6-7-21-39(20-5-2)28-12-8-10-24(22-28)29-17-19-34-31(36-29)35-26-13-15-27(16-14-26)37-38-30(32-3)25-11-9-18-33-23-25;/h8-19,22-23H,4-7,20-21H2,1-3H3,(H-,32,34,35,36,38);/q-2;+2. The van der Waals surface area contributed by atoms with Gasteiger partial charge in [-0.25, -0.2) is 9.97 Å². The number of unbranched alkanes of at least 4 members (excludes halogenated alkanes) is 2. The minimum atomic E-state index is 0. The summed E-state index contributed by atoms with van der Waals surface area (Å²) in [6.07, 6.45) is 10.0. The summed E-state index contributed by atoms with van der Waals surface area (Å²) in [7, 11) is 1.69. The van der Waals surface area contributed by atoms with Crippen LogP contribution in [0.4, 0.5) is 23.0 Å². The molecule has 1 radical (unpaired) electrons. The predicted octanol–water partition coefficient (Wildman–Crippen LogP) is 8.06. The maximum absolute atomic E-state index is 4.78. The molecule has 0 unspecified atom stereocenters. The zero-order chi connectivity index (χ0) is 27.3. The molecule has 0 saturated heterocycles. The molecule has 0 bridgehead atoms. The molecule has 0 saturated carbocycles. The van der Waals surface area contributed by atoms with Crippen LogP contribution in [0.5, 0.6) is 0 Å². The van der Waals surface area contributed by atoms with E-state index in [2.05, 4.69) is 74.1 Å². The molecule has 0 fully saturated rings. The van der Waals surface area contributed by atoms with Crippen molar-refractivity contribution in [2.75, 3.05) is 30.4 Å². The maximum atomic E-state index is 4.78. The van der Waals surface area contributed by atoms with Crippen molar-refractivity contribution in [2.24, 2.45) is 5.10 Å². The second kappa shape index (κ2) is 16.3. The van der Waals surface area contributed by atoms with Crippen LogP contribution in [0.15, 0.2) is 90.4 Å². The summed E-state index contributed by atoms with van der Waals surface area (Å²) >= 11 is 0. The number of nitrogens with one attached hydrogen (secondary N) is 1. The summed E-state index contributed by atoms with van der Waals surface area (Å²) < 4.78 is 0. The summed E-state index contributed by atoms with van der Waals surface area (Å²) in [5.41, 5.74) is 9.91. The Morgan fingerprint density at radius 1 is 0.925 bits per heavy atom. The van der Waals surface area contributed by atoms with Gasteiger partial charge in [-0.15, -0.1) is 5.69 Å². The van der Waals surface area contributed by atoms with Gasteiger partial charge in [-0.05, 0) is 54.8 Å². The average molecular weight is 572 g/mol. The largest absolute Gasteiger partial charge is 2.00 e. The zero-order valence-electron chi connectivity index (χ0n) is 23.4. The van der Waals surface area contributed by atoms with Gasteiger partial charge in [0.25, 0.3) is 0 Å². The predicted molar refractivity (Wildman–Crippen MR) is 162 cm³/mol. The van der Waals surface area contributed by atoms with Gasteiger partial charge in [0.05, 0.1) is 5.69 Å². The molecule has 8 nitrogen and oxygen atoms in total. The molecular weight excluding hydrogens is 535 g/mol. The van der Waals surface area contributed by atoms with Crippen molar-refractivity contribution in [1.29, 1.82) is 0 Å². The Hall–Kier alpha value is -3.88. The van der Waals surface area contributed by atoms with Gasteiger partial charge in [-0.1, -0.05) is 69.9 Å². The number of aromatic nitrogens is 3.